The lowest BCUT2D eigenvalue weighted by atomic mass is 10.1. The third-order valence-corrected chi connectivity index (χ3v) is 3.71. The van der Waals surface area contributed by atoms with Crippen LogP contribution in [0.5, 0.6) is 0 Å². The summed E-state index contributed by atoms with van der Waals surface area (Å²) in [6, 6.07) is 7.56. The zero-order chi connectivity index (χ0) is 12.3. The van der Waals surface area contributed by atoms with Crippen LogP contribution in [0.25, 0.3) is 0 Å². The summed E-state index contributed by atoms with van der Waals surface area (Å²) in [7, 11) is 0. The van der Waals surface area contributed by atoms with Crippen molar-refractivity contribution in [1.82, 2.24) is 4.90 Å². The summed E-state index contributed by atoms with van der Waals surface area (Å²) in [4.78, 5) is 14.2. The molecule has 0 saturated carbocycles. The lowest BCUT2D eigenvalue weighted by Crippen LogP contribution is -2.28. The molecule has 1 atom stereocenters. The molecule has 2 rings (SSSR count). The van der Waals surface area contributed by atoms with E-state index in [0.717, 1.165) is 36.0 Å². The van der Waals surface area contributed by atoms with Crippen molar-refractivity contribution in [3.63, 3.8) is 0 Å². The van der Waals surface area contributed by atoms with Gasteiger partial charge >= 0.3 is 0 Å². The van der Waals surface area contributed by atoms with E-state index in [1.165, 1.54) is 0 Å². The van der Waals surface area contributed by atoms with Gasteiger partial charge in [-0.05, 0) is 43.5 Å². The SMILES string of the molecule is NCCC1CCN(C(=O)c2cccc(Br)c2)C1. The zero-order valence-corrected chi connectivity index (χ0v) is 11.3. The monoisotopic (exact) mass is 296 g/mol. The molecule has 1 unspecified atom stereocenters. The van der Waals surface area contributed by atoms with Crippen molar-refractivity contribution in [3.05, 3.63) is 34.3 Å². The first-order valence-electron chi connectivity index (χ1n) is 5.95. The van der Waals surface area contributed by atoms with Gasteiger partial charge in [0.05, 0.1) is 0 Å². The highest BCUT2D eigenvalue weighted by atomic mass is 79.9. The number of halogens is 1. The van der Waals surface area contributed by atoms with Crippen molar-refractivity contribution in [2.75, 3.05) is 19.6 Å². The Kier molecular flexibility index (Phi) is 4.18. The Morgan fingerprint density at radius 1 is 1.53 bits per heavy atom. The summed E-state index contributed by atoms with van der Waals surface area (Å²) in [5, 5.41) is 0. The maximum Gasteiger partial charge on any atom is 0.253 e. The van der Waals surface area contributed by atoms with Crippen molar-refractivity contribution in [2.45, 2.75) is 12.8 Å². The highest BCUT2D eigenvalue weighted by Gasteiger charge is 2.26. The Bertz CT molecular complexity index is 408. The largest absolute Gasteiger partial charge is 0.338 e. The van der Waals surface area contributed by atoms with E-state index >= 15 is 0 Å². The molecule has 1 aromatic carbocycles. The van der Waals surface area contributed by atoms with Crippen LogP contribution in [0, 0.1) is 5.92 Å². The molecular weight excluding hydrogens is 280 g/mol. The van der Waals surface area contributed by atoms with Crippen LogP contribution >= 0.6 is 15.9 Å². The lowest BCUT2D eigenvalue weighted by Gasteiger charge is -2.16. The van der Waals surface area contributed by atoms with Gasteiger partial charge in [0.25, 0.3) is 5.91 Å². The number of hydrogen-bond acceptors (Lipinski definition) is 2. The maximum absolute atomic E-state index is 12.2. The Labute approximate surface area is 110 Å². The number of rotatable bonds is 3. The third kappa shape index (κ3) is 3.07. The lowest BCUT2D eigenvalue weighted by molar-refractivity contribution is 0.0786. The van der Waals surface area contributed by atoms with Gasteiger partial charge in [-0.25, -0.2) is 0 Å². The maximum atomic E-state index is 12.2. The quantitative estimate of drug-likeness (QED) is 0.930. The standard InChI is InChI=1S/C13H17BrN2O/c14-12-3-1-2-11(8-12)13(17)16-7-5-10(9-16)4-6-15/h1-3,8,10H,4-7,9,15H2. The molecule has 0 spiro atoms. The Hall–Kier alpha value is -0.870. The molecule has 3 nitrogen and oxygen atoms in total. The van der Waals surface area contributed by atoms with Gasteiger partial charge in [-0.2, -0.15) is 0 Å². The molecule has 1 saturated heterocycles. The van der Waals surface area contributed by atoms with Crippen LogP contribution in [-0.2, 0) is 0 Å². The molecule has 1 amide bonds. The normalized spacial score (nSPS) is 19.6. The van der Waals surface area contributed by atoms with Gasteiger partial charge in [-0.3, -0.25) is 4.79 Å². The molecule has 0 aromatic heterocycles. The molecule has 17 heavy (non-hydrogen) atoms. The summed E-state index contributed by atoms with van der Waals surface area (Å²) >= 11 is 3.39. The van der Waals surface area contributed by atoms with Crippen LogP contribution in [0.2, 0.25) is 0 Å². The van der Waals surface area contributed by atoms with Gasteiger partial charge in [0.2, 0.25) is 0 Å². The first-order valence-corrected chi connectivity index (χ1v) is 6.75. The number of carbonyl (C=O) groups excluding carboxylic acids is 1. The number of nitrogens with two attached hydrogens (primary N) is 1. The van der Waals surface area contributed by atoms with Crippen LogP contribution in [-0.4, -0.2) is 30.4 Å². The Morgan fingerprint density at radius 3 is 3.06 bits per heavy atom. The van der Waals surface area contributed by atoms with Crippen LogP contribution in [0.4, 0.5) is 0 Å². The predicted octanol–water partition coefficient (Wildman–Crippen LogP) is 2.26. The van der Waals surface area contributed by atoms with Crippen molar-refractivity contribution >= 4 is 21.8 Å². The van der Waals surface area contributed by atoms with E-state index in [0.29, 0.717) is 12.5 Å². The molecule has 1 fully saturated rings. The van der Waals surface area contributed by atoms with Crippen molar-refractivity contribution < 1.29 is 4.79 Å². The van der Waals surface area contributed by atoms with Gasteiger partial charge < -0.3 is 10.6 Å². The Morgan fingerprint density at radius 2 is 2.35 bits per heavy atom. The average Bonchev–Trinajstić information content (AvgIpc) is 2.77. The fourth-order valence-corrected chi connectivity index (χ4v) is 2.69. The van der Waals surface area contributed by atoms with Gasteiger partial charge in [0.1, 0.15) is 0 Å². The fourth-order valence-electron chi connectivity index (χ4n) is 2.29. The molecule has 1 aliphatic heterocycles. The molecule has 1 aliphatic rings. The number of likely N-dealkylation sites (tertiary alicyclic amines) is 1. The summed E-state index contributed by atoms with van der Waals surface area (Å²) in [5.41, 5.74) is 6.31. The Balaban J connectivity index is 2.02. The van der Waals surface area contributed by atoms with Crippen LogP contribution in [0.1, 0.15) is 23.2 Å². The number of nitrogens with zero attached hydrogens (tertiary/aromatic N) is 1. The first kappa shape index (κ1) is 12.6. The van der Waals surface area contributed by atoms with E-state index in [9.17, 15) is 4.79 Å². The summed E-state index contributed by atoms with van der Waals surface area (Å²) in [6.45, 7) is 2.42. The fraction of sp³-hybridized carbons (Fsp3) is 0.462. The second-order valence-corrected chi connectivity index (χ2v) is 5.41. The van der Waals surface area contributed by atoms with Crippen molar-refractivity contribution in [3.8, 4) is 0 Å². The van der Waals surface area contributed by atoms with Gasteiger partial charge in [0, 0.05) is 23.1 Å². The van der Waals surface area contributed by atoms with Crippen molar-refractivity contribution in [2.24, 2.45) is 11.7 Å². The first-order chi connectivity index (χ1) is 8.20. The topological polar surface area (TPSA) is 46.3 Å². The molecule has 4 heteroatoms. The minimum absolute atomic E-state index is 0.130. The molecule has 0 radical (unpaired) electrons. The second-order valence-electron chi connectivity index (χ2n) is 4.49. The van der Waals surface area contributed by atoms with Crippen molar-refractivity contribution in [1.29, 1.82) is 0 Å². The molecule has 0 aliphatic carbocycles. The highest BCUT2D eigenvalue weighted by Crippen LogP contribution is 2.22. The van der Waals surface area contributed by atoms with Gasteiger partial charge in [-0.15, -0.1) is 0 Å². The third-order valence-electron chi connectivity index (χ3n) is 3.22. The van der Waals surface area contributed by atoms with Crippen LogP contribution < -0.4 is 5.73 Å². The van der Waals surface area contributed by atoms with E-state index in [4.69, 9.17) is 5.73 Å². The van der Waals surface area contributed by atoms with Gasteiger partial charge in [0.15, 0.2) is 0 Å². The van der Waals surface area contributed by atoms with E-state index in [1.807, 2.05) is 29.2 Å². The van der Waals surface area contributed by atoms with Gasteiger partial charge in [-0.1, -0.05) is 22.0 Å². The van der Waals surface area contributed by atoms with E-state index in [2.05, 4.69) is 15.9 Å². The van der Waals surface area contributed by atoms with E-state index < -0.39 is 0 Å². The molecular formula is C13H17BrN2O. The van der Waals surface area contributed by atoms with E-state index in [1.54, 1.807) is 0 Å². The number of benzene rings is 1. The minimum atomic E-state index is 0.130. The minimum Gasteiger partial charge on any atom is -0.338 e. The summed E-state index contributed by atoms with van der Waals surface area (Å²) in [5.74, 6) is 0.710. The highest BCUT2D eigenvalue weighted by molar-refractivity contribution is 9.10. The second kappa shape index (κ2) is 5.65. The molecule has 1 heterocycles. The number of hydrogen-bond donors (Lipinski definition) is 1. The molecule has 0 bridgehead atoms. The predicted molar refractivity (Wildman–Crippen MR) is 71.8 cm³/mol. The summed E-state index contributed by atoms with van der Waals surface area (Å²) < 4.78 is 0.945. The van der Waals surface area contributed by atoms with Crippen LogP contribution in [0.15, 0.2) is 28.7 Å². The average molecular weight is 297 g/mol. The number of carbonyl (C=O) groups is 1. The summed E-state index contributed by atoms with van der Waals surface area (Å²) in [6.07, 6.45) is 2.10. The van der Waals surface area contributed by atoms with E-state index in [-0.39, 0.29) is 5.91 Å². The number of amides is 1. The van der Waals surface area contributed by atoms with Crippen LogP contribution in [0.3, 0.4) is 0 Å². The zero-order valence-electron chi connectivity index (χ0n) is 9.73. The molecule has 1 aromatic rings. The smallest absolute Gasteiger partial charge is 0.253 e. The molecule has 2 N–H and O–H groups in total. The molecule has 92 valence electrons.